The molecule has 2 atom stereocenters. The van der Waals surface area contributed by atoms with E-state index in [0.717, 1.165) is 17.7 Å². The highest BCUT2D eigenvalue weighted by atomic mass is 35.5. The molecule has 0 spiro atoms. The van der Waals surface area contributed by atoms with E-state index < -0.39 is 39.0 Å². The molecule has 0 aliphatic heterocycles. The van der Waals surface area contributed by atoms with Crippen molar-refractivity contribution < 1.29 is 27.1 Å². The van der Waals surface area contributed by atoms with Crippen molar-refractivity contribution in [2.45, 2.75) is 30.2 Å². The molecule has 2 rings (SSSR count). The van der Waals surface area contributed by atoms with Gasteiger partial charge in [-0.2, -0.15) is 4.72 Å². The maximum Gasteiger partial charge on any atom is 0.326 e. The van der Waals surface area contributed by atoms with E-state index in [-0.39, 0.29) is 17.1 Å². The number of aryl methyl sites for hydroxylation is 1. The second-order valence-electron chi connectivity index (χ2n) is 5.94. The largest absolute Gasteiger partial charge is 0.465 e. The molecule has 6 nitrogen and oxygen atoms in total. The number of sulfonamides is 1. The first kappa shape index (κ1) is 22.0. The molecule has 0 heterocycles. The molecular formula is C19H19ClFNO5S. The van der Waals surface area contributed by atoms with Crippen LogP contribution in [0.1, 0.15) is 22.8 Å². The van der Waals surface area contributed by atoms with Crippen molar-refractivity contribution in [3.8, 4) is 0 Å². The minimum Gasteiger partial charge on any atom is -0.465 e. The number of carbonyl (C=O) groups excluding carboxylic acids is 2. The molecule has 1 N–H and O–H groups in total. The molecule has 9 heteroatoms. The number of ketones is 1. The van der Waals surface area contributed by atoms with E-state index >= 15 is 0 Å². The minimum absolute atomic E-state index is 0.0318. The van der Waals surface area contributed by atoms with Crippen molar-refractivity contribution in [2.24, 2.45) is 0 Å². The molecule has 0 aromatic heterocycles. The summed E-state index contributed by atoms with van der Waals surface area (Å²) in [7, 11) is -4.15. The zero-order valence-electron chi connectivity index (χ0n) is 15.2. The van der Waals surface area contributed by atoms with Gasteiger partial charge in [-0.15, -0.1) is 11.6 Å². The fraction of sp³-hybridized carbons (Fsp3) is 0.263. The first-order valence-corrected chi connectivity index (χ1v) is 10.3. The molecule has 2 aromatic carbocycles. The van der Waals surface area contributed by atoms with Gasteiger partial charge < -0.3 is 4.74 Å². The lowest BCUT2D eigenvalue weighted by Crippen LogP contribution is -2.50. The highest BCUT2D eigenvalue weighted by molar-refractivity contribution is 7.89. The third-order valence-electron chi connectivity index (χ3n) is 3.83. The Kier molecular flexibility index (Phi) is 7.29. The normalized spacial score (nSPS) is 13.6. The number of benzene rings is 2. The summed E-state index contributed by atoms with van der Waals surface area (Å²) in [6.45, 7) is 3.30. The third kappa shape index (κ3) is 5.37. The number of rotatable bonds is 8. The zero-order valence-corrected chi connectivity index (χ0v) is 16.8. The lowest BCUT2D eigenvalue weighted by atomic mass is 10.0. The molecule has 2 aromatic rings. The highest BCUT2D eigenvalue weighted by Crippen LogP contribution is 2.18. The summed E-state index contributed by atoms with van der Waals surface area (Å²) < 4.78 is 45.3. The third-order valence-corrected chi connectivity index (χ3v) is 5.73. The van der Waals surface area contributed by atoms with Crippen LogP contribution in [-0.4, -0.2) is 38.2 Å². The summed E-state index contributed by atoms with van der Waals surface area (Å²) in [5, 5.41) is -1.59. The van der Waals surface area contributed by atoms with Gasteiger partial charge in [0, 0.05) is 5.56 Å². The van der Waals surface area contributed by atoms with Gasteiger partial charge >= 0.3 is 5.97 Å². The van der Waals surface area contributed by atoms with Crippen LogP contribution in [0, 0.1) is 12.7 Å². The van der Waals surface area contributed by atoms with Crippen molar-refractivity contribution >= 4 is 33.4 Å². The lowest BCUT2D eigenvalue weighted by Gasteiger charge is -2.21. The van der Waals surface area contributed by atoms with Crippen molar-refractivity contribution in [1.82, 2.24) is 4.72 Å². The molecule has 0 saturated heterocycles. The van der Waals surface area contributed by atoms with Crippen LogP contribution in [0.25, 0.3) is 0 Å². The molecule has 150 valence electrons. The van der Waals surface area contributed by atoms with Gasteiger partial charge in [0.2, 0.25) is 10.0 Å². The van der Waals surface area contributed by atoms with E-state index in [2.05, 4.69) is 4.72 Å². The van der Waals surface area contributed by atoms with E-state index in [1.807, 2.05) is 0 Å². The maximum atomic E-state index is 13.1. The van der Waals surface area contributed by atoms with Crippen molar-refractivity contribution in [2.75, 3.05) is 6.61 Å². The molecule has 0 amide bonds. The number of carbonyl (C=O) groups is 2. The Morgan fingerprint density at radius 3 is 2.21 bits per heavy atom. The standard InChI is InChI=1S/C19H19ClFNO5S/c1-3-27-19(24)17(16(20)18(23)13-6-8-14(21)9-7-13)22-28(25,26)15-10-4-12(2)5-11-15/h4-11,16-17,22H,3H2,1-2H3/t16-,17+/m1/s1. The molecule has 0 fully saturated rings. The van der Waals surface area contributed by atoms with Gasteiger partial charge in [-0.3, -0.25) is 9.59 Å². The van der Waals surface area contributed by atoms with Crippen LogP contribution < -0.4 is 4.72 Å². The SMILES string of the molecule is CCOC(=O)[C@@H](NS(=O)(=O)c1ccc(C)cc1)[C@@H](Cl)C(=O)c1ccc(F)cc1. The first-order valence-electron chi connectivity index (χ1n) is 8.35. The van der Waals surface area contributed by atoms with Gasteiger partial charge in [0.15, 0.2) is 5.78 Å². The van der Waals surface area contributed by atoms with Crippen LogP contribution >= 0.6 is 11.6 Å². The Labute approximate surface area is 167 Å². The number of halogens is 2. The van der Waals surface area contributed by atoms with Crippen LogP contribution in [0.2, 0.25) is 0 Å². The van der Waals surface area contributed by atoms with Gasteiger partial charge in [-0.25, -0.2) is 12.8 Å². The Balaban J connectivity index is 2.33. The van der Waals surface area contributed by atoms with Gasteiger partial charge in [-0.05, 0) is 50.2 Å². The topological polar surface area (TPSA) is 89.5 Å². The number of Topliss-reactive ketones (excluding diaryl/α,β-unsaturated/α-hetero) is 1. The zero-order chi connectivity index (χ0) is 20.9. The maximum absolute atomic E-state index is 13.1. The molecule has 0 saturated carbocycles. The lowest BCUT2D eigenvalue weighted by molar-refractivity contribution is -0.144. The molecule has 0 unspecified atom stereocenters. The molecular weight excluding hydrogens is 409 g/mol. The predicted octanol–water partition coefficient (Wildman–Crippen LogP) is 2.83. The predicted molar refractivity (Wildman–Crippen MR) is 102 cm³/mol. The second kappa shape index (κ2) is 9.27. The Hall–Kier alpha value is -2.29. The van der Waals surface area contributed by atoms with Gasteiger partial charge in [0.1, 0.15) is 17.2 Å². The summed E-state index contributed by atoms with van der Waals surface area (Å²) in [6, 6.07) is 8.78. The number of esters is 1. The number of hydrogen-bond acceptors (Lipinski definition) is 5. The van der Waals surface area contributed by atoms with Crippen LogP contribution in [0.15, 0.2) is 53.4 Å². The summed E-state index contributed by atoms with van der Waals surface area (Å²) in [4.78, 5) is 24.8. The van der Waals surface area contributed by atoms with Crippen molar-refractivity contribution in [1.29, 1.82) is 0 Å². The van der Waals surface area contributed by atoms with E-state index in [1.54, 1.807) is 19.1 Å². The van der Waals surface area contributed by atoms with Crippen LogP contribution in [0.3, 0.4) is 0 Å². The number of ether oxygens (including phenoxy) is 1. The van der Waals surface area contributed by atoms with E-state index in [4.69, 9.17) is 16.3 Å². The molecule has 0 bridgehead atoms. The smallest absolute Gasteiger partial charge is 0.326 e. The van der Waals surface area contributed by atoms with Crippen molar-refractivity contribution in [3.05, 3.63) is 65.5 Å². The summed E-state index contributed by atoms with van der Waals surface area (Å²) in [5.41, 5.74) is 0.882. The fourth-order valence-electron chi connectivity index (χ4n) is 2.34. The summed E-state index contributed by atoms with van der Waals surface area (Å²) in [6.07, 6.45) is 0. The molecule has 0 radical (unpaired) electrons. The minimum atomic E-state index is -4.15. The van der Waals surface area contributed by atoms with E-state index in [1.165, 1.54) is 31.2 Å². The highest BCUT2D eigenvalue weighted by Gasteiger charge is 2.37. The monoisotopic (exact) mass is 427 g/mol. The molecule has 0 aliphatic rings. The molecule has 28 heavy (non-hydrogen) atoms. The van der Waals surface area contributed by atoms with Crippen molar-refractivity contribution in [3.63, 3.8) is 0 Å². The van der Waals surface area contributed by atoms with Gasteiger partial charge in [0.25, 0.3) is 0 Å². The number of alkyl halides is 1. The number of hydrogen-bond donors (Lipinski definition) is 1. The van der Waals surface area contributed by atoms with E-state index in [9.17, 15) is 22.4 Å². The second-order valence-corrected chi connectivity index (χ2v) is 8.12. The fourth-order valence-corrected chi connectivity index (χ4v) is 3.90. The Bertz CT molecular complexity index is 945. The summed E-state index contributed by atoms with van der Waals surface area (Å²) in [5.74, 6) is -2.29. The summed E-state index contributed by atoms with van der Waals surface area (Å²) >= 11 is 6.15. The van der Waals surface area contributed by atoms with Crippen LogP contribution in [0.5, 0.6) is 0 Å². The average Bonchev–Trinajstić information content (AvgIpc) is 2.66. The van der Waals surface area contributed by atoms with Crippen LogP contribution in [-0.2, 0) is 19.6 Å². The Morgan fingerprint density at radius 1 is 1.11 bits per heavy atom. The van der Waals surface area contributed by atoms with Crippen LogP contribution in [0.4, 0.5) is 4.39 Å². The quantitative estimate of drug-likeness (QED) is 0.397. The van der Waals surface area contributed by atoms with Gasteiger partial charge in [-0.1, -0.05) is 17.7 Å². The average molecular weight is 428 g/mol. The molecule has 0 aliphatic carbocycles. The number of nitrogens with one attached hydrogen (secondary N) is 1. The Morgan fingerprint density at radius 2 is 1.68 bits per heavy atom. The first-order chi connectivity index (χ1) is 13.2. The van der Waals surface area contributed by atoms with E-state index in [0.29, 0.717) is 0 Å². The van der Waals surface area contributed by atoms with Gasteiger partial charge in [0.05, 0.1) is 11.5 Å².